The molecule has 0 atom stereocenters. The molecule has 2 aromatic rings. The van der Waals surface area contributed by atoms with Crippen molar-refractivity contribution in [1.29, 1.82) is 0 Å². The Balaban J connectivity index is 2.57. The number of rotatable bonds is 2. The third kappa shape index (κ3) is 2.07. The molecule has 94 valence electrons. The number of carbonyl (C=O) groups is 1. The fourth-order valence-corrected chi connectivity index (χ4v) is 1.81. The van der Waals surface area contributed by atoms with E-state index in [0.29, 0.717) is 17.2 Å². The van der Waals surface area contributed by atoms with E-state index in [9.17, 15) is 14.3 Å². The van der Waals surface area contributed by atoms with Crippen LogP contribution >= 0.6 is 0 Å². The van der Waals surface area contributed by atoms with Crippen LogP contribution in [-0.2, 0) is 0 Å². The molecule has 1 amide bonds. The molecule has 4 nitrogen and oxygen atoms in total. The minimum absolute atomic E-state index is 0.0195. The highest BCUT2D eigenvalue weighted by molar-refractivity contribution is 5.95. The Bertz CT molecular complexity index is 592. The van der Waals surface area contributed by atoms with Crippen LogP contribution < -0.4 is 4.90 Å². The Hall–Kier alpha value is -2.30. The van der Waals surface area contributed by atoms with Crippen LogP contribution in [0.2, 0.25) is 0 Å². The third-order valence-electron chi connectivity index (χ3n) is 2.54. The first-order valence-corrected chi connectivity index (χ1v) is 5.35. The fourth-order valence-electron chi connectivity index (χ4n) is 1.81. The second-order valence-electron chi connectivity index (χ2n) is 3.87. The van der Waals surface area contributed by atoms with Crippen LogP contribution in [-0.4, -0.2) is 11.2 Å². The van der Waals surface area contributed by atoms with E-state index < -0.39 is 11.9 Å². The smallest absolute Gasteiger partial charge is 0.416 e. The van der Waals surface area contributed by atoms with E-state index in [2.05, 4.69) is 0 Å². The zero-order valence-electron chi connectivity index (χ0n) is 9.98. The molecular formula is C13H12FNO3. The second kappa shape index (κ2) is 4.52. The average Bonchev–Trinajstić information content (AvgIpc) is 2.61. The maximum Gasteiger partial charge on any atom is 0.416 e. The van der Waals surface area contributed by atoms with Crippen molar-refractivity contribution in [1.82, 2.24) is 0 Å². The van der Waals surface area contributed by atoms with E-state index >= 15 is 0 Å². The number of furan rings is 1. The summed E-state index contributed by atoms with van der Waals surface area (Å²) in [6.07, 6.45) is -1.26. The van der Waals surface area contributed by atoms with Crippen molar-refractivity contribution in [3.63, 3.8) is 0 Å². The van der Waals surface area contributed by atoms with Crippen LogP contribution in [0.1, 0.15) is 11.5 Å². The predicted molar refractivity (Wildman–Crippen MR) is 64.7 cm³/mol. The van der Waals surface area contributed by atoms with Gasteiger partial charge in [0, 0.05) is 6.07 Å². The van der Waals surface area contributed by atoms with Crippen LogP contribution in [0.3, 0.4) is 0 Å². The zero-order chi connectivity index (χ0) is 13.3. The highest BCUT2D eigenvalue weighted by Crippen LogP contribution is 2.32. The first kappa shape index (κ1) is 12.2. The lowest BCUT2D eigenvalue weighted by atomic mass is 10.2. The molecule has 0 saturated heterocycles. The molecule has 1 aromatic carbocycles. The van der Waals surface area contributed by atoms with Crippen LogP contribution in [0.15, 0.2) is 34.7 Å². The lowest BCUT2D eigenvalue weighted by Crippen LogP contribution is -2.24. The number of benzene rings is 1. The van der Waals surface area contributed by atoms with E-state index in [1.54, 1.807) is 26.0 Å². The van der Waals surface area contributed by atoms with Gasteiger partial charge in [-0.25, -0.2) is 14.1 Å². The van der Waals surface area contributed by atoms with Gasteiger partial charge in [-0.3, -0.25) is 0 Å². The fraction of sp³-hybridized carbons (Fsp3) is 0.154. The summed E-state index contributed by atoms with van der Waals surface area (Å²) in [4.78, 5) is 12.2. The predicted octanol–water partition coefficient (Wildman–Crippen LogP) is 3.85. The summed E-state index contributed by atoms with van der Waals surface area (Å²) in [6, 6.07) is 7.28. The number of anilines is 2. The maximum atomic E-state index is 13.7. The van der Waals surface area contributed by atoms with Crippen LogP contribution in [0, 0.1) is 19.7 Å². The first-order chi connectivity index (χ1) is 8.50. The van der Waals surface area contributed by atoms with Gasteiger partial charge in [-0.1, -0.05) is 12.1 Å². The Morgan fingerprint density at radius 2 is 1.94 bits per heavy atom. The van der Waals surface area contributed by atoms with Gasteiger partial charge in [-0.2, -0.15) is 0 Å². The van der Waals surface area contributed by atoms with Gasteiger partial charge in [0.15, 0.2) is 0 Å². The normalized spacial score (nSPS) is 10.4. The molecule has 0 spiro atoms. The molecule has 2 rings (SSSR count). The van der Waals surface area contributed by atoms with Crippen molar-refractivity contribution in [2.24, 2.45) is 0 Å². The topological polar surface area (TPSA) is 53.7 Å². The summed E-state index contributed by atoms with van der Waals surface area (Å²) in [5.41, 5.74) is 0.305. The number of hydrogen-bond donors (Lipinski definition) is 1. The summed E-state index contributed by atoms with van der Waals surface area (Å²) < 4.78 is 19.0. The van der Waals surface area contributed by atoms with Gasteiger partial charge < -0.3 is 9.52 Å². The van der Waals surface area contributed by atoms with Crippen molar-refractivity contribution >= 4 is 17.5 Å². The molecule has 0 unspecified atom stereocenters. The Kier molecular flexibility index (Phi) is 3.06. The molecule has 1 aromatic heterocycles. The van der Waals surface area contributed by atoms with Crippen LogP contribution in [0.25, 0.3) is 0 Å². The van der Waals surface area contributed by atoms with E-state index in [4.69, 9.17) is 4.42 Å². The average molecular weight is 249 g/mol. The Morgan fingerprint density at radius 3 is 2.44 bits per heavy atom. The largest absolute Gasteiger partial charge is 0.464 e. The second-order valence-corrected chi connectivity index (χ2v) is 3.87. The molecule has 0 bridgehead atoms. The summed E-state index contributed by atoms with van der Waals surface area (Å²) >= 11 is 0. The highest BCUT2D eigenvalue weighted by Gasteiger charge is 2.23. The van der Waals surface area contributed by atoms with Gasteiger partial charge in [-0.05, 0) is 26.0 Å². The Labute approximate surface area is 103 Å². The summed E-state index contributed by atoms with van der Waals surface area (Å²) in [7, 11) is 0. The zero-order valence-corrected chi connectivity index (χ0v) is 9.98. The number of halogens is 1. The Morgan fingerprint density at radius 1 is 1.28 bits per heavy atom. The molecular weight excluding hydrogens is 237 g/mol. The van der Waals surface area contributed by atoms with E-state index in [1.807, 2.05) is 0 Å². The van der Waals surface area contributed by atoms with Gasteiger partial charge >= 0.3 is 6.09 Å². The van der Waals surface area contributed by atoms with E-state index in [-0.39, 0.29) is 5.69 Å². The van der Waals surface area contributed by atoms with Gasteiger partial charge in [0.05, 0.1) is 11.4 Å². The quantitative estimate of drug-likeness (QED) is 0.879. The van der Waals surface area contributed by atoms with Crippen molar-refractivity contribution in [3.05, 3.63) is 47.7 Å². The van der Waals surface area contributed by atoms with Gasteiger partial charge in [0.25, 0.3) is 0 Å². The summed E-state index contributed by atoms with van der Waals surface area (Å²) in [5, 5.41) is 9.26. The molecule has 0 aliphatic carbocycles. The van der Waals surface area contributed by atoms with E-state index in [1.165, 1.54) is 18.2 Å². The van der Waals surface area contributed by atoms with Crippen molar-refractivity contribution < 1.29 is 18.7 Å². The molecule has 0 radical (unpaired) electrons. The lowest BCUT2D eigenvalue weighted by molar-refractivity contribution is 0.204. The van der Waals surface area contributed by atoms with Crippen LogP contribution in [0.5, 0.6) is 0 Å². The number of hydrogen-bond acceptors (Lipinski definition) is 2. The van der Waals surface area contributed by atoms with Gasteiger partial charge in [-0.15, -0.1) is 0 Å². The molecule has 0 saturated carbocycles. The molecule has 0 aliphatic heterocycles. The SMILES string of the molecule is Cc1cc(N(C(=O)O)c2ccccc2F)c(C)o1. The van der Waals surface area contributed by atoms with Crippen LogP contribution in [0.4, 0.5) is 20.6 Å². The number of amides is 1. The van der Waals surface area contributed by atoms with E-state index in [0.717, 1.165) is 4.90 Å². The molecule has 1 heterocycles. The monoisotopic (exact) mass is 249 g/mol. The first-order valence-electron chi connectivity index (χ1n) is 5.35. The third-order valence-corrected chi connectivity index (χ3v) is 2.54. The number of nitrogens with zero attached hydrogens (tertiary/aromatic N) is 1. The molecule has 18 heavy (non-hydrogen) atoms. The lowest BCUT2D eigenvalue weighted by Gasteiger charge is -2.18. The number of aryl methyl sites for hydroxylation is 2. The molecule has 0 fully saturated rings. The van der Waals surface area contributed by atoms with Crippen molar-refractivity contribution in [2.75, 3.05) is 4.90 Å². The standard InChI is InChI=1S/C13H12FNO3/c1-8-7-12(9(2)18-8)15(13(16)17)11-6-4-3-5-10(11)14/h3-7H,1-2H3,(H,16,17). The minimum atomic E-state index is -1.26. The van der Waals surface area contributed by atoms with Gasteiger partial charge in [0.2, 0.25) is 0 Å². The molecule has 5 heteroatoms. The molecule has 0 aliphatic rings. The number of para-hydroxylation sites is 1. The minimum Gasteiger partial charge on any atom is -0.464 e. The van der Waals surface area contributed by atoms with Gasteiger partial charge in [0.1, 0.15) is 17.3 Å². The van der Waals surface area contributed by atoms with Crippen molar-refractivity contribution in [3.8, 4) is 0 Å². The highest BCUT2D eigenvalue weighted by atomic mass is 19.1. The maximum absolute atomic E-state index is 13.7. The summed E-state index contributed by atoms with van der Waals surface area (Å²) in [5.74, 6) is 0.404. The summed E-state index contributed by atoms with van der Waals surface area (Å²) in [6.45, 7) is 3.34. The van der Waals surface area contributed by atoms with Crippen molar-refractivity contribution in [2.45, 2.75) is 13.8 Å². The molecule has 1 N–H and O–H groups in total. The number of carboxylic acid groups (broad SMARTS) is 1.